The van der Waals surface area contributed by atoms with Crippen LogP contribution in [0.3, 0.4) is 0 Å². The number of guanidine groups is 1. The maximum atomic E-state index is 11.9. The van der Waals surface area contributed by atoms with E-state index in [9.17, 15) is 4.79 Å². The number of hydrogen-bond donors (Lipinski definition) is 3. The van der Waals surface area contributed by atoms with Gasteiger partial charge in [-0.2, -0.15) is 0 Å². The Kier molecular flexibility index (Phi) is 5.70. The van der Waals surface area contributed by atoms with Crippen molar-refractivity contribution in [1.29, 1.82) is 0 Å². The summed E-state index contributed by atoms with van der Waals surface area (Å²) >= 11 is 0. The minimum absolute atomic E-state index is 0.0438. The highest BCUT2D eigenvalue weighted by molar-refractivity contribution is 5.92. The molecule has 0 spiro atoms. The molecular weight excluding hydrogens is 304 g/mol. The molecular formula is C18H28N4O2. The molecule has 1 fully saturated rings. The van der Waals surface area contributed by atoms with Gasteiger partial charge >= 0.3 is 6.09 Å². The number of alkyl carbamates (subject to hydrolysis) is 1. The number of aryl methyl sites for hydroxylation is 1. The fourth-order valence-corrected chi connectivity index (χ4v) is 2.38. The topological polar surface area (TPSA) is 88.7 Å². The highest BCUT2D eigenvalue weighted by Crippen LogP contribution is 2.33. The molecule has 0 heterocycles. The van der Waals surface area contributed by atoms with Crippen molar-refractivity contribution in [2.75, 3.05) is 11.9 Å². The summed E-state index contributed by atoms with van der Waals surface area (Å²) in [5.41, 5.74) is 7.50. The summed E-state index contributed by atoms with van der Waals surface area (Å²) < 4.78 is 5.32. The number of anilines is 1. The predicted molar refractivity (Wildman–Crippen MR) is 97.2 cm³/mol. The van der Waals surface area contributed by atoms with Gasteiger partial charge in [-0.15, -0.1) is 0 Å². The van der Waals surface area contributed by atoms with Gasteiger partial charge in [0.15, 0.2) is 5.96 Å². The van der Waals surface area contributed by atoms with Gasteiger partial charge in [0, 0.05) is 5.69 Å². The fraction of sp³-hybridized carbons (Fsp3) is 0.556. The molecule has 2 rings (SSSR count). The number of nitrogens with zero attached hydrogens (tertiary/aromatic N) is 1. The second-order valence-electron chi connectivity index (χ2n) is 7.31. The number of ether oxygens (including phenoxy) is 1. The third-order valence-electron chi connectivity index (χ3n) is 3.64. The zero-order valence-corrected chi connectivity index (χ0v) is 14.9. The number of nitrogens with two attached hydrogens (primary N) is 1. The van der Waals surface area contributed by atoms with Crippen LogP contribution in [0.5, 0.6) is 0 Å². The van der Waals surface area contributed by atoms with Gasteiger partial charge in [0.1, 0.15) is 5.60 Å². The quantitative estimate of drug-likeness (QED) is 0.571. The van der Waals surface area contributed by atoms with Gasteiger partial charge in [0.25, 0.3) is 0 Å². The largest absolute Gasteiger partial charge is 0.444 e. The molecule has 0 saturated heterocycles. The highest BCUT2D eigenvalue weighted by Gasteiger charge is 2.33. The molecule has 1 aromatic carbocycles. The molecule has 0 aromatic heterocycles. The van der Waals surface area contributed by atoms with E-state index in [4.69, 9.17) is 10.5 Å². The number of carbonyl (C=O) groups is 1. The minimum atomic E-state index is -0.507. The molecule has 24 heavy (non-hydrogen) atoms. The SMILES string of the molecule is Cc1cccc(NC(N)=NCC(NC(=O)OC(C)(C)C)C2CC2)c1. The predicted octanol–water partition coefficient (Wildman–Crippen LogP) is 3.02. The Bertz CT molecular complexity index is 603. The van der Waals surface area contributed by atoms with Crippen LogP contribution in [-0.2, 0) is 4.74 Å². The molecule has 1 aromatic rings. The summed E-state index contributed by atoms with van der Waals surface area (Å²) in [5, 5.41) is 5.99. The van der Waals surface area contributed by atoms with E-state index in [1.165, 1.54) is 0 Å². The Labute approximate surface area is 143 Å². The zero-order valence-electron chi connectivity index (χ0n) is 14.9. The molecule has 0 bridgehead atoms. The average Bonchev–Trinajstić information content (AvgIpc) is 3.26. The smallest absolute Gasteiger partial charge is 0.407 e. The standard InChI is InChI=1S/C18H28N4O2/c1-12-6-5-7-14(10-12)21-16(19)20-11-15(13-8-9-13)22-17(23)24-18(2,3)4/h5-7,10,13,15H,8-9,11H2,1-4H3,(H,22,23)(H3,19,20,21). The van der Waals surface area contributed by atoms with Gasteiger partial charge in [-0.1, -0.05) is 12.1 Å². The summed E-state index contributed by atoms with van der Waals surface area (Å²) in [5.74, 6) is 0.797. The van der Waals surface area contributed by atoms with E-state index in [1.807, 2.05) is 52.0 Å². The Balaban J connectivity index is 1.89. The summed E-state index contributed by atoms with van der Waals surface area (Å²) in [6, 6.07) is 7.87. The fourth-order valence-electron chi connectivity index (χ4n) is 2.38. The number of rotatable bonds is 5. The molecule has 1 amide bonds. The Morgan fingerprint density at radius 1 is 1.42 bits per heavy atom. The number of aliphatic imine (C=N–C) groups is 1. The number of carbonyl (C=O) groups excluding carboxylic acids is 1. The lowest BCUT2D eigenvalue weighted by Gasteiger charge is -2.23. The van der Waals surface area contributed by atoms with E-state index in [1.54, 1.807) is 0 Å². The number of hydrogen-bond acceptors (Lipinski definition) is 3. The molecule has 0 aliphatic heterocycles. The number of amides is 1. The average molecular weight is 332 g/mol. The van der Waals surface area contributed by atoms with Gasteiger partial charge in [-0.25, -0.2) is 4.79 Å². The van der Waals surface area contributed by atoms with Crippen LogP contribution in [0.4, 0.5) is 10.5 Å². The maximum Gasteiger partial charge on any atom is 0.407 e. The Morgan fingerprint density at radius 3 is 2.71 bits per heavy atom. The first-order valence-corrected chi connectivity index (χ1v) is 8.36. The normalized spacial score (nSPS) is 16.4. The van der Waals surface area contributed by atoms with Crippen molar-refractivity contribution in [1.82, 2.24) is 5.32 Å². The third kappa shape index (κ3) is 6.48. The molecule has 1 atom stereocenters. The van der Waals surface area contributed by atoms with E-state index in [-0.39, 0.29) is 6.04 Å². The van der Waals surface area contributed by atoms with E-state index < -0.39 is 11.7 Å². The summed E-state index contributed by atoms with van der Waals surface area (Å²) in [7, 11) is 0. The first-order valence-electron chi connectivity index (χ1n) is 8.36. The second kappa shape index (κ2) is 7.55. The summed E-state index contributed by atoms with van der Waals surface area (Å²) in [6.45, 7) is 8.00. The molecule has 1 aliphatic carbocycles. The summed E-state index contributed by atoms with van der Waals surface area (Å²) in [4.78, 5) is 16.3. The molecule has 132 valence electrons. The van der Waals surface area contributed by atoms with Gasteiger partial charge < -0.3 is 21.1 Å². The van der Waals surface area contributed by atoms with E-state index in [0.29, 0.717) is 18.4 Å². The molecule has 1 unspecified atom stereocenters. The van der Waals surface area contributed by atoms with Crippen molar-refractivity contribution in [2.24, 2.45) is 16.6 Å². The molecule has 0 radical (unpaired) electrons. The third-order valence-corrected chi connectivity index (χ3v) is 3.64. The van der Waals surface area contributed by atoms with Crippen LogP contribution < -0.4 is 16.4 Å². The minimum Gasteiger partial charge on any atom is -0.444 e. The van der Waals surface area contributed by atoms with Crippen LogP contribution in [0.25, 0.3) is 0 Å². The van der Waals surface area contributed by atoms with Crippen LogP contribution in [0, 0.1) is 12.8 Å². The van der Waals surface area contributed by atoms with Crippen LogP contribution in [-0.4, -0.2) is 30.2 Å². The van der Waals surface area contributed by atoms with Crippen LogP contribution in [0.2, 0.25) is 0 Å². The van der Waals surface area contributed by atoms with Crippen molar-refractivity contribution in [2.45, 2.75) is 52.2 Å². The molecule has 1 aliphatic rings. The van der Waals surface area contributed by atoms with Crippen LogP contribution in [0.15, 0.2) is 29.3 Å². The van der Waals surface area contributed by atoms with Crippen molar-refractivity contribution in [3.8, 4) is 0 Å². The van der Waals surface area contributed by atoms with Crippen molar-refractivity contribution in [3.05, 3.63) is 29.8 Å². The van der Waals surface area contributed by atoms with E-state index >= 15 is 0 Å². The zero-order chi connectivity index (χ0) is 17.7. The second-order valence-corrected chi connectivity index (χ2v) is 7.31. The van der Waals surface area contributed by atoms with Gasteiger partial charge in [0.05, 0.1) is 12.6 Å². The first kappa shape index (κ1) is 18.1. The molecule has 1 saturated carbocycles. The molecule has 6 nitrogen and oxygen atoms in total. The van der Waals surface area contributed by atoms with E-state index in [2.05, 4.69) is 15.6 Å². The molecule has 4 N–H and O–H groups in total. The highest BCUT2D eigenvalue weighted by atomic mass is 16.6. The lowest BCUT2D eigenvalue weighted by Crippen LogP contribution is -2.42. The monoisotopic (exact) mass is 332 g/mol. The Morgan fingerprint density at radius 2 is 2.12 bits per heavy atom. The first-order chi connectivity index (χ1) is 11.2. The number of nitrogens with one attached hydrogen (secondary N) is 2. The van der Waals surface area contributed by atoms with Gasteiger partial charge in [-0.3, -0.25) is 4.99 Å². The van der Waals surface area contributed by atoms with Gasteiger partial charge in [0.2, 0.25) is 0 Å². The molecule has 6 heteroatoms. The van der Waals surface area contributed by atoms with Crippen molar-refractivity contribution >= 4 is 17.7 Å². The Hall–Kier alpha value is -2.24. The van der Waals surface area contributed by atoms with Crippen LogP contribution >= 0.6 is 0 Å². The van der Waals surface area contributed by atoms with Gasteiger partial charge in [-0.05, 0) is 64.2 Å². The number of benzene rings is 1. The van der Waals surface area contributed by atoms with Crippen molar-refractivity contribution in [3.63, 3.8) is 0 Å². The lowest BCUT2D eigenvalue weighted by molar-refractivity contribution is 0.0500. The van der Waals surface area contributed by atoms with E-state index in [0.717, 1.165) is 24.1 Å². The summed E-state index contributed by atoms with van der Waals surface area (Å²) in [6.07, 6.45) is 1.79. The maximum absolute atomic E-state index is 11.9. The lowest BCUT2D eigenvalue weighted by atomic mass is 10.2. The van der Waals surface area contributed by atoms with Crippen molar-refractivity contribution < 1.29 is 9.53 Å². The van der Waals surface area contributed by atoms with Crippen LogP contribution in [0.1, 0.15) is 39.2 Å².